The average Bonchev–Trinajstić information content (AvgIpc) is 3.04. The number of esters is 1. The number of benzene rings is 2. The molecular weight excluding hydrogens is 407 g/mol. The minimum absolute atomic E-state index is 0.126. The summed E-state index contributed by atoms with van der Waals surface area (Å²) in [5, 5.41) is 1.27. The molecule has 2 saturated heterocycles. The monoisotopic (exact) mass is 432 g/mol. The van der Waals surface area contributed by atoms with Crippen LogP contribution in [-0.2, 0) is 15.1 Å². The van der Waals surface area contributed by atoms with Crippen molar-refractivity contribution in [1.82, 2.24) is 4.90 Å². The van der Waals surface area contributed by atoms with Gasteiger partial charge in [-0.2, -0.15) is 0 Å². The number of nitrogens with two attached hydrogens (primary N) is 1. The molecule has 0 aliphatic carbocycles. The summed E-state index contributed by atoms with van der Waals surface area (Å²) < 4.78 is 5.80. The molecule has 2 aromatic rings. The smallest absolute Gasteiger partial charge is 0.325 e. The van der Waals surface area contributed by atoms with Crippen molar-refractivity contribution >= 4 is 29.2 Å². The standard InChI is InChI=1S/C23H26Cl2N2O2/c1-13(2)20-23(26,15-8-10-16(24)11-9-15)18(14-6-5-7-17(25)12-14)19-21(28)29-22(3,4)27(19)20/h5-13,18-20H,26H2,1-4H3. The van der Waals surface area contributed by atoms with E-state index in [-0.39, 0.29) is 23.8 Å². The lowest BCUT2D eigenvalue weighted by Crippen LogP contribution is -2.57. The van der Waals surface area contributed by atoms with E-state index < -0.39 is 17.3 Å². The Morgan fingerprint density at radius 2 is 1.72 bits per heavy atom. The summed E-state index contributed by atoms with van der Waals surface area (Å²) in [4.78, 5) is 15.3. The Hall–Kier alpha value is -1.59. The molecule has 2 aliphatic rings. The highest BCUT2D eigenvalue weighted by Gasteiger charge is 2.68. The highest BCUT2D eigenvalue weighted by Crippen LogP contribution is 2.57. The fraction of sp³-hybridized carbons (Fsp3) is 0.435. The van der Waals surface area contributed by atoms with Gasteiger partial charge in [0.1, 0.15) is 6.04 Å². The van der Waals surface area contributed by atoms with E-state index in [1.165, 1.54) is 0 Å². The maximum Gasteiger partial charge on any atom is 0.325 e. The largest absolute Gasteiger partial charge is 0.443 e. The van der Waals surface area contributed by atoms with Gasteiger partial charge in [0.05, 0.1) is 5.54 Å². The molecule has 2 aliphatic heterocycles. The molecule has 6 heteroatoms. The van der Waals surface area contributed by atoms with E-state index in [0.717, 1.165) is 11.1 Å². The summed E-state index contributed by atoms with van der Waals surface area (Å²) in [6.45, 7) is 8.14. The van der Waals surface area contributed by atoms with Crippen molar-refractivity contribution in [3.8, 4) is 0 Å². The molecule has 4 unspecified atom stereocenters. The number of carbonyl (C=O) groups is 1. The fourth-order valence-electron chi connectivity index (χ4n) is 5.41. The maximum absolute atomic E-state index is 13.1. The molecule has 0 spiro atoms. The van der Waals surface area contributed by atoms with Gasteiger partial charge in [-0.3, -0.25) is 4.79 Å². The SMILES string of the molecule is CC(C)C1N2C(C(=O)OC2(C)C)C(c2cccc(Cl)c2)C1(N)c1ccc(Cl)cc1. The molecule has 2 heterocycles. The van der Waals surface area contributed by atoms with Crippen LogP contribution < -0.4 is 5.73 Å². The van der Waals surface area contributed by atoms with Crippen molar-refractivity contribution in [1.29, 1.82) is 0 Å². The Bertz CT molecular complexity index is 944. The van der Waals surface area contributed by atoms with Crippen LogP contribution in [0.15, 0.2) is 48.5 Å². The van der Waals surface area contributed by atoms with E-state index in [9.17, 15) is 4.79 Å². The van der Waals surface area contributed by atoms with Gasteiger partial charge in [0.2, 0.25) is 0 Å². The van der Waals surface area contributed by atoms with Gasteiger partial charge >= 0.3 is 5.97 Å². The van der Waals surface area contributed by atoms with Crippen LogP contribution in [0.4, 0.5) is 0 Å². The highest BCUT2D eigenvalue weighted by molar-refractivity contribution is 6.30. The van der Waals surface area contributed by atoms with Gasteiger partial charge < -0.3 is 10.5 Å². The van der Waals surface area contributed by atoms with E-state index in [4.69, 9.17) is 33.7 Å². The predicted molar refractivity (Wildman–Crippen MR) is 116 cm³/mol. The van der Waals surface area contributed by atoms with Crippen molar-refractivity contribution in [2.24, 2.45) is 11.7 Å². The van der Waals surface area contributed by atoms with Crippen LogP contribution in [0.2, 0.25) is 10.0 Å². The summed E-state index contributed by atoms with van der Waals surface area (Å²) in [6.07, 6.45) is 0. The number of nitrogens with zero attached hydrogens (tertiary/aromatic N) is 1. The lowest BCUT2D eigenvalue weighted by molar-refractivity contribution is -0.153. The van der Waals surface area contributed by atoms with Crippen molar-refractivity contribution in [2.75, 3.05) is 0 Å². The summed E-state index contributed by atoms with van der Waals surface area (Å²) >= 11 is 12.5. The summed E-state index contributed by atoms with van der Waals surface area (Å²) in [6, 6.07) is 14.7. The van der Waals surface area contributed by atoms with Gasteiger partial charge in [-0.05, 0) is 55.2 Å². The van der Waals surface area contributed by atoms with Gasteiger partial charge in [-0.1, -0.05) is 61.3 Å². The fourth-order valence-corrected chi connectivity index (χ4v) is 5.73. The third-order valence-corrected chi connectivity index (χ3v) is 6.80. The average molecular weight is 433 g/mol. The van der Waals surface area contributed by atoms with Gasteiger partial charge in [0.25, 0.3) is 0 Å². The van der Waals surface area contributed by atoms with Crippen LogP contribution in [-0.4, -0.2) is 28.7 Å². The third kappa shape index (κ3) is 3.09. The Morgan fingerprint density at radius 1 is 1.07 bits per heavy atom. The maximum atomic E-state index is 13.1. The van der Waals surface area contributed by atoms with E-state index in [0.29, 0.717) is 10.0 Å². The van der Waals surface area contributed by atoms with Gasteiger partial charge in [-0.15, -0.1) is 0 Å². The number of hydrogen-bond donors (Lipinski definition) is 1. The second kappa shape index (κ2) is 6.98. The van der Waals surface area contributed by atoms with E-state index in [1.807, 2.05) is 62.4 Å². The number of hydrogen-bond acceptors (Lipinski definition) is 4. The van der Waals surface area contributed by atoms with E-state index >= 15 is 0 Å². The van der Waals surface area contributed by atoms with Crippen LogP contribution in [0, 0.1) is 5.92 Å². The number of halogens is 2. The molecule has 4 nitrogen and oxygen atoms in total. The van der Waals surface area contributed by atoms with Gasteiger partial charge in [0, 0.05) is 22.0 Å². The lowest BCUT2D eigenvalue weighted by Gasteiger charge is -2.44. The molecule has 29 heavy (non-hydrogen) atoms. The summed E-state index contributed by atoms with van der Waals surface area (Å²) in [5.74, 6) is -0.382. The molecule has 2 aromatic carbocycles. The van der Waals surface area contributed by atoms with Crippen molar-refractivity contribution < 1.29 is 9.53 Å². The lowest BCUT2D eigenvalue weighted by atomic mass is 9.69. The zero-order chi connectivity index (χ0) is 21.1. The van der Waals surface area contributed by atoms with Crippen LogP contribution in [0.25, 0.3) is 0 Å². The quantitative estimate of drug-likeness (QED) is 0.698. The first kappa shape index (κ1) is 20.7. The molecule has 0 amide bonds. The molecule has 4 rings (SSSR count). The third-order valence-electron chi connectivity index (χ3n) is 6.32. The highest BCUT2D eigenvalue weighted by atomic mass is 35.5. The first-order valence-corrected chi connectivity index (χ1v) is 10.6. The van der Waals surface area contributed by atoms with Gasteiger partial charge in [-0.25, -0.2) is 4.90 Å². The number of fused-ring (bicyclic) bond motifs is 1. The summed E-state index contributed by atoms with van der Waals surface area (Å²) in [5.41, 5.74) is 7.64. The first-order valence-electron chi connectivity index (χ1n) is 9.89. The van der Waals surface area contributed by atoms with Crippen LogP contribution in [0.5, 0.6) is 0 Å². The Morgan fingerprint density at radius 3 is 2.31 bits per heavy atom. The molecule has 4 atom stereocenters. The normalized spacial score (nSPS) is 31.2. The number of rotatable bonds is 3. The van der Waals surface area contributed by atoms with Crippen LogP contribution in [0.3, 0.4) is 0 Å². The topological polar surface area (TPSA) is 55.6 Å². The zero-order valence-corrected chi connectivity index (χ0v) is 18.5. The van der Waals surface area contributed by atoms with Crippen molar-refractivity contribution in [3.63, 3.8) is 0 Å². The Balaban J connectivity index is 2.00. The van der Waals surface area contributed by atoms with E-state index in [1.54, 1.807) is 0 Å². The summed E-state index contributed by atoms with van der Waals surface area (Å²) in [7, 11) is 0. The minimum atomic E-state index is -0.829. The second-order valence-electron chi connectivity index (χ2n) is 8.88. The van der Waals surface area contributed by atoms with Crippen LogP contribution >= 0.6 is 23.2 Å². The minimum Gasteiger partial charge on any atom is -0.443 e. The molecular formula is C23H26Cl2N2O2. The Labute approximate surface area is 181 Å². The van der Waals surface area contributed by atoms with Crippen molar-refractivity contribution in [2.45, 2.75) is 57.0 Å². The van der Waals surface area contributed by atoms with Gasteiger partial charge in [0.15, 0.2) is 5.72 Å². The molecule has 0 aromatic heterocycles. The Kier molecular flexibility index (Phi) is 4.98. The molecule has 0 radical (unpaired) electrons. The zero-order valence-electron chi connectivity index (χ0n) is 17.0. The second-order valence-corrected chi connectivity index (χ2v) is 9.75. The molecule has 2 N–H and O–H groups in total. The first-order chi connectivity index (χ1) is 13.6. The number of cyclic esters (lactones) is 1. The molecule has 2 fully saturated rings. The molecule has 0 bridgehead atoms. The number of ether oxygens (including phenoxy) is 1. The number of carbonyl (C=O) groups excluding carboxylic acids is 1. The van der Waals surface area contributed by atoms with E-state index in [2.05, 4.69) is 18.7 Å². The van der Waals surface area contributed by atoms with Crippen molar-refractivity contribution in [3.05, 3.63) is 69.7 Å². The molecule has 0 saturated carbocycles. The molecule has 154 valence electrons. The predicted octanol–water partition coefficient (Wildman–Crippen LogP) is 4.93. The van der Waals surface area contributed by atoms with Crippen LogP contribution in [0.1, 0.15) is 44.7 Å².